The van der Waals surface area contributed by atoms with E-state index in [0.717, 1.165) is 43.7 Å². The average Bonchev–Trinajstić information content (AvgIpc) is 3.18. The third-order valence-corrected chi connectivity index (χ3v) is 6.22. The van der Waals surface area contributed by atoms with Gasteiger partial charge in [0.1, 0.15) is 6.54 Å². The fourth-order valence-corrected chi connectivity index (χ4v) is 4.77. The van der Waals surface area contributed by atoms with Crippen molar-refractivity contribution in [3.8, 4) is 0 Å². The molecule has 1 saturated heterocycles. The molecular formula is C22H25N3O2S. The minimum absolute atomic E-state index is 0.000115. The maximum Gasteiger partial charge on any atom is 0.240 e. The number of rotatable bonds is 5. The number of thiophene rings is 1. The highest BCUT2D eigenvalue weighted by Crippen LogP contribution is 2.17. The minimum Gasteiger partial charge on any atom is -0.351 e. The van der Waals surface area contributed by atoms with Crippen LogP contribution in [-0.2, 0) is 17.9 Å². The van der Waals surface area contributed by atoms with Crippen molar-refractivity contribution in [2.45, 2.75) is 38.9 Å². The predicted molar refractivity (Wildman–Crippen MR) is 114 cm³/mol. The summed E-state index contributed by atoms with van der Waals surface area (Å²) < 4.78 is 1.93. The van der Waals surface area contributed by atoms with E-state index >= 15 is 0 Å². The summed E-state index contributed by atoms with van der Waals surface area (Å²) in [5, 5.41) is 5.97. The second-order valence-electron chi connectivity index (χ2n) is 7.47. The first-order valence-corrected chi connectivity index (χ1v) is 10.6. The SMILES string of the molecule is Cc1cc(=O)c2ccccc2n1CC(=O)NC1CCCN(Cc2cccs2)C1. The molecule has 1 atom stereocenters. The number of fused-ring (bicyclic) bond motifs is 1. The van der Waals surface area contributed by atoms with Crippen molar-refractivity contribution in [3.63, 3.8) is 0 Å². The quantitative estimate of drug-likeness (QED) is 0.722. The Balaban J connectivity index is 1.43. The molecule has 3 heterocycles. The number of likely N-dealkylation sites (tertiary alicyclic amines) is 1. The molecule has 5 nitrogen and oxygen atoms in total. The van der Waals surface area contributed by atoms with Crippen LogP contribution in [-0.4, -0.2) is 34.5 Å². The summed E-state index contributed by atoms with van der Waals surface area (Å²) in [6.45, 7) is 5.02. The number of pyridine rings is 1. The molecule has 0 saturated carbocycles. The molecule has 1 aliphatic rings. The van der Waals surface area contributed by atoms with Gasteiger partial charge in [0, 0.05) is 41.2 Å². The highest BCUT2D eigenvalue weighted by molar-refractivity contribution is 7.09. The number of carbonyl (C=O) groups excluding carboxylic acids is 1. The fourth-order valence-electron chi connectivity index (χ4n) is 4.02. The van der Waals surface area contributed by atoms with Gasteiger partial charge >= 0.3 is 0 Å². The number of piperidine rings is 1. The van der Waals surface area contributed by atoms with Gasteiger partial charge in [0.25, 0.3) is 0 Å². The smallest absolute Gasteiger partial charge is 0.240 e. The van der Waals surface area contributed by atoms with Gasteiger partial charge in [-0.1, -0.05) is 18.2 Å². The van der Waals surface area contributed by atoms with E-state index in [1.165, 1.54) is 4.88 Å². The van der Waals surface area contributed by atoms with Crippen LogP contribution in [0.15, 0.2) is 52.6 Å². The Morgan fingerprint density at radius 3 is 2.93 bits per heavy atom. The topological polar surface area (TPSA) is 54.3 Å². The molecule has 1 aliphatic heterocycles. The third-order valence-electron chi connectivity index (χ3n) is 5.36. The number of nitrogens with one attached hydrogen (secondary N) is 1. The highest BCUT2D eigenvalue weighted by Gasteiger charge is 2.22. The molecule has 0 bridgehead atoms. The number of para-hydroxylation sites is 1. The maximum absolute atomic E-state index is 12.8. The summed E-state index contributed by atoms with van der Waals surface area (Å²) in [5.41, 5.74) is 1.62. The Morgan fingerprint density at radius 2 is 2.11 bits per heavy atom. The Morgan fingerprint density at radius 1 is 1.25 bits per heavy atom. The summed E-state index contributed by atoms with van der Waals surface area (Å²) in [7, 11) is 0. The monoisotopic (exact) mass is 395 g/mol. The molecule has 1 unspecified atom stereocenters. The first kappa shape index (κ1) is 18.9. The molecular weight excluding hydrogens is 370 g/mol. The van der Waals surface area contributed by atoms with E-state index in [0.29, 0.717) is 5.39 Å². The highest BCUT2D eigenvalue weighted by atomic mass is 32.1. The van der Waals surface area contributed by atoms with Gasteiger partial charge < -0.3 is 9.88 Å². The van der Waals surface area contributed by atoms with E-state index in [9.17, 15) is 9.59 Å². The lowest BCUT2D eigenvalue weighted by Crippen LogP contribution is -2.48. The molecule has 1 aromatic carbocycles. The van der Waals surface area contributed by atoms with Gasteiger partial charge in [-0.15, -0.1) is 11.3 Å². The molecule has 4 rings (SSSR count). The lowest BCUT2D eigenvalue weighted by Gasteiger charge is -2.33. The van der Waals surface area contributed by atoms with Crippen LogP contribution in [0.25, 0.3) is 10.9 Å². The van der Waals surface area contributed by atoms with Crippen LogP contribution in [0, 0.1) is 6.92 Å². The predicted octanol–water partition coefficient (Wildman–Crippen LogP) is 3.15. The summed E-state index contributed by atoms with van der Waals surface area (Å²) in [6.07, 6.45) is 2.10. The molecule has 146 valence electrons. The van der Waals surface area contributed by atoms with E-state index in [1.54, 1.807) is 17.4 Å². The van der Waals surface area contributed by atoms with Crippen molar-refractivity contribution in [2.24, 2.45) is 0 Å². The summed E-state index contributed by atoms with van der Waals surface area (Å²) >= 11 is 1.78. The standard InChI is InChI=1S/C22H25N3O2S/c1-16-12-21(26)19-8-2-3-9-20(19)25(16)15-22(27)23-17-6-4-10-24(13-17)14-18-7-5-11-28-18/h2-3,5,7-9,11-12,17H,4,6,10,13-15H2,1H3,(H,23,27). The van der Waals surface area contributed by atoms with Gasteiger partial charge in [-0.2, -0.15) is 0 Å². The second kappa shape index (κ2) is 8.29. The fraction of sp³-hybridized carbons (Fsp3) is 0.364. The number of hydrogen-bond donors (Lipinski definition) is 1. The van der Waals surface area contributed by atoms with Crippen LogP contribution < -0.4 is 10.7 Å². The molecule has 1 N–H and O–H groups in total. The summed E-state index contributed by atoms with van der Waals surface area (Å²) in [6, 6.07) is 13.5. The molecule has 1 amide bonds. The lowest BCUT2D eigenvalue weighted by molar-refractivity contribution is -0.122. The lowest BCUT2D eigenvalue weighted by atomic mass is 10.1. The Bertz CT molecular complexity index is 1030. The van der Waals surface area contributed by atoms with Crippen molar-refractivity contribution in [1.29, 1.82) is 0 Å². The molecule has 0 aliphatic carbocycles. The maximum atomic E-state index is 12.8. The molecule has 3 aromatic rings. The van der Waals surface area contributed by atoms with Gasteiger partial charge in [-0.05, 0) is 49.9 Å². The van der Waals surface area contributed by atoms with Gasteiger partial charge in [0.2, 0.25) is 5.91 Å². The van der Waals surface area contributed by atoms with Gasteiger partial charge in [-0.3, -0.25) is 14.5 Å². The number of aromatic nitrogens is 1. The molecule has 6 heteroatoms. The zero-order valence-electron chi connectivity index (χ0n) is 16.1. The number of nitrogens with zero attached hydrogens (tertiary/aromatic N) is 2. The van der Waals surface area contributed by atoms with Crippen molar-refractivity contribution < 1.29 is 4.79 Å². The Labute approximate surface area is 168 Å². The molecule has 1 fully saturated rings. The zero-order chi connectivity index (χ0) is 19.5. The summed E-state index contributed by atoms with van der Waals surface area (Å²) in [4.78, 5) is 28.7. The number of benzene rings is 1. The van der Waals surface area contributed by atoms with E-state index in [4.69, 9.17) is 0 Å². The summed E-state index contributed by atoms with van der Waals surface area (Å²) in [5.74, 6) is -0.000115. The first-order valence-electron chi connectivity index (χ1n) is 9.73. The molecule has 0 radical (unpaired) electrons. The number of carbonyl (C=O) groups is 1. The van der Waals surface area contributed by atoms with Crippen LogP contribution in [0.2, 0.25) is 0 Å². The average molecular weight is 396 g/mol. The van der Waals surface area contributed by atoms with Gasteiger partial charge in [0.05, 0.1) is 5.52 Å². The van der Waals surface area contributed by atoms with Crippen molar-refractivity contribution in [1.82, 2.24) is 14.8 Å². The van der Waals surface area contributed by atoms with E-state index < -0.39 is 0 Å². The van der Waals surface area contributed by atoms with Crippen LogP contribution >= 0.6 is 11.3 Å². The van der Waals surface area contributed by atoms with Gasteiger partial charge in [-0.25, -0.2) is 0 Å². The van der Waals surface area contributed by atoms with Gasteiger partial charge in [0.15, 0.2) is 5.43 Å². The van der Waals surface area contributed by atoms with Crippen LogP contribution in [0.4, 0.5) is 0 Å². The Hall–Kier alpha value is -2.44. The van der Waals surface area contributed by atoms with Crippen molar-refractivity contribution in [3.05, 3.63) is 68.6 Å². The minimum atomic E-state index is -0.000115. The zero-order valence-corrected chi connectivity index (χ0v) is 16.9. The third kappa shape index (κ3) is 4.18. The molecule has 0 spiro atoms. The molecule has 2 aromatic heterocycles. The normalized spacial score (nSPS) is 17.7. The van der Waals surface area contributed by atoms with Crippen molar-refractivity contribution >= 4 is 28.1 Å². The van der Waals surface area contributed by atoms with E-state index in [-0.39, 0.29) is 23.9 Å². The number of hydrogen-bond acceptors (Lipinski definition) is 4. The second-order valence-corrected chi connectivity index (χ2v) is 8.51. The van der Waals surface area contributed by atoms with Crippen molar-refractivity contribution in [2.75, 3.05) is 13.1 Å². The first-order chi connectivity index (χ1) is 13.6. The largest absolute Gasteiger partial charge is 0.351 e. The van der Waals surface area contributed by atoms with E-state index in [2.05, 4.69) is 27.7 Å². The number of aryl methyl sites for hydroxylation is 1. The van der Waals surface area contributed by atoms with Crippen LogP contribution in [0.3, 0.4) is 0 Å². The van der Waals surface area contributed by atoms with Crippen LogP contribution in [0.1, 0.15) is 23.4 Å². The number of amides is 1. The van der Waals surface area contributed by atoms with Crippen LogP contribution in [0.5, 0.6) is 0 Å². The Kier molecular flexibility index (Phi) is 5.59. The van der Waals surface area contributed by atoms with E-state index in [1.807, 2.05) is 35.8 Å². The molecule has 28 heavy (non-hydrogen) atoms.